The molecule has 90 heavy (non-hydrogen) atoms. The fraction of sp³-hybridized carbons (Fsp3) is 0.292. The van der Waals surface area contributed by atoms with Gasteiger partial charge >= 0.3 is 5.97 Å². The summed E-state index contributed by atoms with van der Waals surface area (Å²) in [5.41, 5.74) is 4.02. The molecule has 25 nitrogen and oxygen atoms in total. The summed E-state index contributed by atoms with van der Waals surface area (Å²) >= 11 is 0. The third-order valence-corrected chi connectivity index (χ3v) is 14.6. The van der Waals surface area contributed by atoms with Gasteiger partial charge in [0.25, 0.3) is 11.8 Å². The second kappa shape index (κ2) is 31.6. The van der Waals surface area contributed by atoms with Gasteiger partial charge in [-0.3, -0.25) is 24.3 Å². The lowest BCUT2D eigenvalue weighted by Crippen LogP contribution is -2.45. The number of nitrogens with zero attached hydrogens (tertiary/aromatic N) is 10. The van der Waals surface area contributed by atoms with Crippen molar-refractivity contribution in [1.29, 1.82) is 10.5 Å². The summed E-state index contributed by atoms with van der Waals surface area (Å²) in [6.45, 7) is 2.55. The van der Waals surface area contributed by atoms with E-state index in [1.807, 2.05) is 52.1 Å². The highest BCUT2D eigenvalue weighted by molar-refractivity contribution is 6.04. The molecule has 462 valence electrons. The molecular weight excluding hydrogens is 1150 g/mol. The van der Waals surface area contributed by atoms with E-state index in [0.717, 1.165) is 60.4 Å². The Hall–Kier alpha value is -11.0. The molecule has 2 fully saturated rings. The summed E-state index contributed by atoms with van der Waals surface area (Å²) in [5.74, 6) is 3.58. The largest absolute Gasteiger partial charge is 0.497 e. The number of piperidine rings is 1. The highest BCUT2D eigenvalue weighted by Gasteiger charge is 2.26. The van der Waals surface area contributed by atoms with Gasteiger partial charge in [-0.05, 0) is 116 Å². The van der Waals surface area contributed by atoms with E-state index >= 15 is 0 Å². The number of aromatic nitrogens is 8. The summed E-state index contributed by atoms with van der Waals surface area (Å²) in [5, 5.41) is 52.5. The quantitative estimate of drug-likeness (QED) is 0.0389. The molecule has 25 heteroatoms. The number of rotatable bonds is 21. The number of H-pyrrole nitrogens is 1. The molecule has 9 aromatic rings. The summed E-state index contributed by atoms with van der Waals surface area (Å²) in [4.78, 5) is 66.7. The summed E-state index contributed by atoms with van der Waals surface area (Å²) in [7, 11) is 4.72. The number of benzene rings is 3. The zero-order valence-corrected chi connectivity index (χ0v) is 49.8. The van der Waals surface area contributed by atoms with Crippen molar-refractivity contribution in [3.05, 3.63) is 162 Å². The van der Waals surface area contributed by atoms with Gasteiger partial charge in [-0.15, -0.1) is 0 Å². The van der Waals surface area contributed by atoms with E-state index in [-0.39, 0.29) is 30.2 Å². The number of carboxylic acid groups (broad SMARTS) is 1. The molecule has 1 atom stereocenters. The molecule has 6 aromatic heterocycles. The third kappa shape index (κ3) is 17.4. The van der Waals surface area contributed by atoms with Crippen LogP contribution in [0.4, 0.5) is 23.3 Å². The van der Waals surface area contributed by atoms with Gasteiger partial charge in [0.05, 0.1) is 63.0 Å². The van der Waals surface area contributed by atoms with Gasteiger partial charge in [0.2, 0.25) is 5.91 Å². The van der Waals surface area contributed by atoms with Crippen LogP contribution in [0, 0.1) is 22.7 Å². The van der Waals surface area contributed by atoms with Crippen molar-refractivity contribution in [2.45, 2.75) is 76.4 Å². The van der Waals surface area contributed by atoms with Crippen molar-refractivity contribution >= 4 is 69.0 Å². The van der Waals surface area contributed by atoms with Crippen molar-refractivity contribution < 1.29 is 48.0 Å². The first-order valence-electron chi connectivity index (χ1n) is 29.1. The lowest BCUT2D eigenvalue weighted by molar-refractivity contribution is -0.138. The van der Waals surface area contributed by atoms with Gasteiger partial charge < -0.3 is 55.0 Å². The number of likely N-dealkylation sites (tertiary alicyclic amines) is 1. The number of ether oxygens (including phenoxy) is 5. The summed E-state index contributed by atoms with van der Waals surface area (Å²) < 4.78 is 29.3. The molecule has 1 aliphatic carbocycles. The summed E-state index contributed by atoms with van der Waals surface area (Å²) in [6.07, 6.45) is 14.4. The van der Waals surface area contributed by atoms with Crippen LogP contribution >= 0.6 is 0 Å². The molecule has 3 aromatic carbocycles. The molecule has 0 radical (unpaired) electrons. The Labute approximate surface area is 518 Å². The first-order chi connectivity index (χ1) is 43.9. The monoisotopic (exact) mass is 1220 g/mol. The fourth-order valence-corrected chi connectivity index (χ4v) is 9.99. The average Bonchev–Trinajstić information content (AvgIpc) is 1.72. The van der Waals surface area contributed by atoms with Crippen molar-refractivity contribution in [1.82, 2.24) is 44.8 Å². The van der Waals surface area contributed by atoms with Crippen LogP contribution in [0.15, 0.2) is 134 Å². The number of nitrogens with one attached hydrogen (secondary N) is 5. The number of carbonyl (C=O) groups excluding carboxylic acids is 3. The number of amides is 3. The number of nitriles is 2. The predicted molar refractivity (Wildman–Crippen MR) is 335 cm³/mol. The number of anilines is 4. The van der Waals surface area contributed by atoms with Gasteiger partial charge in [-0.2, -0.15) is 20.7 Å². The van der Waals surface area contributed by atoms with Crippen LogP contribution in [0.5, 0.6) is 28.7 Å². The molecule has 6 N–H and O–H groups in total. The highest BCUT2D eigenvalue weighted by atomic mass is 16.5. The average molecular weight is 1220 g/mol. The number of carbonyl (C=O) groups is 4. The van der Waals surface area contributed by atoms with Crippen LogP contribution in [0.2, 0.25) is 0 Å². The first-order valence-corrected chi connectivity index (χ1v) is 29.1. The van der Waals surface area contributed by atoms with Gasteiger partial charge in [0, 0.05) is 87.4 Å². The van der Waals surface area contributed by atoms with Crippen molar-refractivity contribution in [3.63, 3.8) is 0 Å². The first kappa shape index (κ1) is 63.5. The fourth-order valence-electron chi connectivity index (χ4n) is 9.99. The molecule has 1 saturated carbocycles. The number of carboxylic acids is 1. The van der Waals surface area contributed by atoms with E-state index in [9.17, 15) is 19.2 Å². The molecule has 2 aliphatic rings. The Morgan fingerprint density at radius 3 is 1.73 bits per heavy atom. The minimum atomic E-state index is -0.818. The Morgan fingerprint density at radius 1 is 0.622 bits per heavy atom. The van der Waals surface area contributed by atoms with Crippen LogP contribution in [0.3, 0.4) is 0 Å². The Morgan fingerprint density at radius 2 is 1.17 bits per heavy atom. The predicted octanol–water partition coefficient (Wildman–Crippen LogP) is 10.4. The van der Waals surface area contributed by atoms with Gasteiger partial charge in [0.15, 0.2) is 22.9 Å². The molecule has 1 saturated heterocycles. The van der Waals surface area contributed by atoms with Crippen LogP contribution in [0.25, 0.3) is 22.1 Å². The second-order valence-electron chi connectivity index (χ2n) is 20.9. The van der Waals surface area contributed by atoms with Crippen molar-refractivity contribution in [3.8, 4) is 40.9 Å². The number of hydrogen-bond acceptors (Lipinski definition) is 19. The molecule has 7 heterocycles. The van der Waals surface area contributed by atoms with E-state index in [1.165, 1.54) is 50.9 Å². The van der Waals surface area contributed by atoms with Gasteiger partial charge in [0.1, 0.15) is 51.2 Å². The Bertz CT molecular complexity index is 3990. The maximum atomic E-state index is 12.8. The number of methoxy groups -OCH3 is 3. The van der Waals surface area contributed by atoms with Crippen LogP contribution < -0.4 is 35.5 Å². The topological polar surface area (TPSA) is 332 Å². The van der Waals surface area contributed by atoms with E-state index in [0.29, 0.717) is 113 Å². The number of hydrogen-bond donors (Lipinski definition) is 6. The molecule has 0 unspecified atom stereocenters. The van der Waals surface area contributed by atoms with E-state index in [2.05, 4.69) is 51.2 Å². The minimum Gasteiger partial charge on any atom is -0.497 e. The second-order valence-corrected chi connectivity index (χ2v) is 20.9. The number of aliphatic carboxylic acids is 1. The normalized spacial score (nSPS) is 13.7. The lowest BCUT2D eigenvalue weighted by Gasteiger charge is -2.33. The molecule has 3 amide bonds. The lowest BCUT2D eigenvalue weighted by atomic mass is 9.95. The zero-order chi connectivity index (χ0) is 63.2. The Kier molecular flexibility index (Phi) is 22.3. The maximum absolute atomic E-state index is 12.8. The highest BCUT2D eigenvalue weighted by Crippen LogP contribution is 2.37. The van der Waals surface area contributed by atoms with Crippen LogP contribution in [0.1, 0.15) is 95.2 Å². The molecule has 0 spiro atoms. The Balaban J connectivity index is 0.000000193. The SMILES string of the molecule is COCCC(=O)N1CCC[C@@H](Nc2n[nH]c3nccc(Oc4ccc(C(=O)Nc5cc(C#N)ccn5)cc4)c23)C1.COCCC(=O)O.COc1ccc(Cn2nc(NC3CCCCC3)c3c(Oc4ccc(C(=O)Nc5cc(C#N)ccn5)cc4)ccnc32)cc1. The number of fused-ring (bicyclic) bond motifs is 2. The third-order valence-electron chi connectivity index (χ3n) is 14.6. The molecule has 1 aliphatic heterocycles. The van der Waals surface area contributed by atoms with E-state index < -0.39 is 5.97 Å². The maximum Gasteiger partial charge on any atom is 0.305 e. The zero-order valence-electron chi connectivity index (χ0n) is 49.8. The van der Waals surface area contributed by atoms with Gasteiger partial charge in [-0.1, -0.05) is 31.4 Å². The van der Waals surface area contributed by atoms with Crippen molar-refractivity contribution in [2.24, 2.45) is 0 Å². The minimum absolute atomic E-state index is 0.0286. The van der Waals surface area contributed by atoms with Gasteiger partial charge in [-0.25, -0.2) is 24.6 Å². The van der Waals surface area contributed by atoms with E-state index in [1.54, 1.807) is 93.3 Å². The van der Waals surface area contributed by atoms with E-state index in [4.69, 9.17) is 44.7 Å². The summed E-state index contributed by atoms with van der Waals surface area (Å²) in [6, 6.07) is 35.6. The van der Waals surface area contributed by atoms with Crippen LogP contribution in [-0.4, -0.2) is 133 Å². The smallest absolute Gasteiger partial charge is 0.305 e. The standard InChI is InChI=1S/C33H31N7O3.C28H28N8O4.C4H8O3/c1-42-26-11-7-22(8-12-26)21-40-32-30(31(39-40)37-25-5-3-2-4-6-25)28(16-18-36-32)43-27-13-9-24(10-14-27)33(41)38-29-19-23(20-34)15-17-35-29;1-39-14-10-24(37)36-13-2-3-20(17-36)32-27-25-22(9-12-31-26(25)34-35-27)40-21-6-4-19(5-7-21)28(38)33-23-15-18(16-29)8-11-30-23;1-7-3-2-4(5)6/h7-19,25H,2-6,21H2,1H3,(H,37,39)(H,35,38,41);4-9,11-12,15,20H,2-3,10,13-14,17H2,1H3,(H,30,33,38)(H2,31,32,34,35);2-3H2,1H3,(H,5,6)/t;20-;/m.1./s1. The number of pyridine rings is 4. The molecule has 0 bridgehead atoms. The number of aromatic amines is 1. The molecular formula is C65H67N15O10. The van der Waals surface area contributed by atoms with Crippen LogP contribution in [-0.2, 0) is 25.6 Å². The molecule has 11 rings (SSSR count). The van der Waals surface area contributed by atoms with Crippen molar-refractivity contribution in [2.75, 3.05) is 68.9 Å².